The van der Waals surface area contributed by atoms with Crippen LogP contribution in [-0.2, 0) is 9.59 Å². The molecule has 40 heavy (non-hydrogen) atoms. The fourth-order valence-electron chi connectivity index (χ4n) is 6.01. The summed E-state index contributed by atoms with van der Waals surface area (Å²) in [6.45, 7) is 2.99. The van der Waals surface area contributed by atoms with Crippen molar-refractivity contribution in [2.45, 2.75) is 31.6 Å². The number of nitrogens with two attached hydrogens (primary N) is 1. The van der Waals surface area contributed by atoms with E-state index in [9.17, 15) is 39.6 Å². The van der Waals surface area contributed by atoms with E-state index in [-0.39, 0.29) is 22.6 Å². The minimum atomic E-state index is -3.00. The van der Waals surface area contributed by atoms with Gasteiger partial charge in [-0.1, -0.05) is 32.0 Å². The Bertz CT molecular complexity index is 1560. The number of aliphatic hydroxyl groups is 3. The predicted octanol–water partition coefficient (Wildman–Crippen LogP) is 1.22. The Kier molecular flexibility index (Phi) is 5.92. The van der Waals surface area contributed by atoms with Crippen LogP contribution in [0.2, 0.25) is 0 Å². The van der Waals surface area contributed by atoms with E-state index in [1.807, 2.05) is 0 Å². The van der Waals surface area contributed by atoms with Gasteiger partial charge in [0.15, 0.2) is 5.60 Å². The zero-order valence-electron chi connectivity index (χ0n) is 21.6. The highest BCUT2D eigenvalue weighted by atomic mass is 16.5. The van der Waals surface area contributed by atoms with E-state index >= 15 is 0 Å². The molecular weight excluding hydrogens is 524 g/mol. The maximum atomic E-state index is 13.7. The van der Waals surface area contributed by atoms with Gasteiger partial charge in [-0.3, -0.25) is 19.2 Å². The summed E-state index contributed by atoms with van der Waals surface area (Å²) in [4.78, 5) is 52.8. The third kappa shape index (κ3) is 3.49. The standard InChI is InChI=1S/C28H26N2O10/c1-27(2)21-18(30-26(37)11-7-5-4-6-8-11)20(33)17(25(29)36)23(35)28(21,38)22(34)16-19(32)15-13(31)9-12(39-3)10-14(15)40-24(16)27/h4-10,18,21,24,31,33-34,38H,1-3H3,(H2,29,36)(H,30,37). The molecule has 1 aliphatic heterocycles. The molecule has 0 aromatic heterocycles. The number of primary amides is 1. The van der Waals surface area contributed by atoms with Gasteiger partial charge in [0.25, 0.3) is 11.8 Å². The third-order valence-electron chi connectivity index (χ3n) is 7.84. The number of hydrogen-bond acceptors (Lipinski definition) is 10. The van der Waals surface area contributed by atoms with Crippen molar-refractivity contribution in [1.29, 1.82) is 0 Å². The topological polar surface area (TPSA) is 206 Å². The molecule has 4 atom stereocenters. The monoisotopic (exact) mass is 550 g/mol. The van der Waals surface area contributed by atoms with Crippen LogP contribution >= 0.6 is 0 Å². The third-order valence-corrected chi connectivity index (χ3v) is 7.84. The number of phenols is 1. The van der Waals surface area contributed by atoms with Crippen LogP contribution in [0.5, 0.6) is 17.2 Å². The Morgan fingerprint density at radius 1 is 1.07 bits per heavy atom. The van der Waals surface area contributed by atoms with Crippen LogP contribution in [0.25, 0.3) is 0 Å². The average molecular weight is 551 g/mol. The first-order valence-corrected chi connectivity index (χ1v) is 12.2. The largest absolute Gasteiger partial charge is 0.509 e. The number of aromatic hydroxyl groups is 1. The number of amides is 2. The maximum absolute atomic E-state index is 13.7. The van der Waals surface area contributed by atoms with Crippen molar-refractivity contribution in [3.8, 4) is 17.2 Å². The second kappa shape index (κ2) is 8.85. The molecule has 3 aliphatic rings. The second-order valence-corrected chi connectivity index (χ2v) is 10.4. The highest BCUT2D eigenvalue weighted by Crippen LogP contribution is 2.57. The normalized spacial score (nSPS) is 26.8. The van der Waals surface area contributed by atoms with Gasteiger partial charge in [0.05, 0.1) is 18.7 Å². The quantitative estimate of drug-likeness (QED) is 0.300. The molecule has 2 aliphatic carbocycles. The van der Waals surface area contributed by atoms with E-state index in [1.54, 1.807) is 18.2 Å². The first-order valence-electron chi connectivity index (χ1n) is 12.2. The number of carbonyl (C=O) groups excluding carboxylic acids is 4. The van der Waals surface area contributed by atoms with E-state index in [4.69, 9.17) is 15.2 Å². The molecule has 12 nitrogen and oxygen atoms in total. The molecule has 12 heteroatoms. The number of phenolic OH excluding ortho intramolecular Hbond substituents is 1. The number of Topliss-reactive ketones (excluding diaryl/α,β-unsaturated/α-hetero) is 2. The fraction of sp³-hybridized carbons (Fsp3) is 0.286. The summed E-state index contributed by atoms with van der Waals surface area (Å²) >= 11 is 0. The summed E-state index contributed by atoms with van der Waals surface area (Å²) in [5.41, 5.74) is -0.902. The number of rotatable bonds is 4. The number of aliphatic hydroxyl groups excluding tert-OH is 2. The van der Waals surface area contributed by atoms with Gasteiger partial charge >= 0.3 is 0 Å². The van der Waals surface area contributed by atoms with Gasteiger partial charge in [0.2, 0.25) is 11.6 Å². The molecule has 2 aromatic carbocycles. The Labute approximate surface area is 227 Å². The SMILES string of the molecule is COc1cc(O)c2c(c1)OC1C(=C(O)C3(O)C(=O)C(C(N)=O)=C(O)C(NC(=O)c4ccccc4)C3C1(C)C)C2=O. The van der Waals surface area contributed by atoms with Crippen LogP contribution in [0.1, 0.15) is 34.6 Å². The fourth-order valence-corrected chi connectivity index (χ4v) is 6.01. The van der Waals surface area contributed by atoms with Crippen LogP contribution in [-0.4, -0.2) is 68.7 Å². The van der Waals surface area contributed by atoms with Crippen LogP contribution in [0.4, 0.5) is 0 Å². The Morgan fingerprint density at radius 2 is 1.73 bits per heavy atom. The van der Waals surface area contributed by atoms with E-state index in [1.165, 1.54) is 39.2 Å². The summed E-state index contributed by atoms with van der Waals surface area (Å²) in [6, 6.07) is 8.67. The van der Waals surface area contributed by atoms with Crippen molar-refractivity contribution in [2.75, 3.05) is 7.11 Å². The minimum Gasteiger partial charge on any atom is -0.509 e. The van der Waals surface area contributed by atoms with Gasteiger partial charge in [-0.25, -0.2) is 0 Å². The number of ether oxygens (including phenoxy) is 2. The number of carbonyl (C=O) groups is 4. The molecule has 0 spiro atoms. The van der Waals surface area contributed by atoms with Gasteiger partial charge in [-0.15, -0.1) is 0 Å². The van der Waals surface area contributed by atoms with E-state index < -0.39 is 80.9 Å². The molecule has 0 saturated carbocycles. The molecular formula is C28H26N2O10. The van der Waals surface area contributed by atoms with Crippen molar-refractivity contribution in [3.05, 3.63) is 76.3 Å². The molecule has 0 fully saturated rings. The highest BCUT2D eigenvalue weighted by molar-refractivity contribution is 6.25. The lowest BCUT2D eigenvalue weighted by atomic mass is 9.52. The molecule has 0 bridgehead atoms. The maximum Gasteiger partial charge on any atom is 0.255 e. The van der Waals surface area contributed by atoms with Gasteiger partial charge in [0.1, 0.15) is 46.0 Å². The van der Waals surface area contributed by atoms with Crippen molar-refractivity contribution in [1.82, 2.24) is 5.32 Å². The first-order chi connectivity index (χ1) is 18.8. The van der Waals surface area contributed by atoms with Crippen LogP contribution in [0.3, 0.4) is 0 Å². The number of fused-ring (bicyclic) bond motifs is 3. The van der Waals surface area contributed by atoms with Crippen molar-refractivity contribution >= 4 is 23.4 Å². The van der Waals surface area contributed by atoms with E-state index in [0.29, 0.717) is 0 Å². The Balaban J connectivity index is 1.75. The zero-order valence-corrected chi connectivity index (χ0v) is 21.6. The summed E-state index contributed by atoms with van der Waals surface area (Å²) in [5, 5.41) is 47.6. The predicted molar refractivity (Wildman–Crippen MR) is 137 cm³/mol. The molecule has 7 N–H and O–H groups in total. The Morgan fingerprint density at radius 3 is 2.33 bits per heavy atom. The molecule has 2 aromatic rings. The number of nitrogens with one attached hydrogen (secondary N) is 1. The summed E-state index contributed by atoms with van der Waals surface area (Å²) < 4.78 is 11.2. The van der Waals surface area contributed by atoms with Gasteiger partial charge in [0, 0.05) is 29.0 Å². The molecule has 4 unspecified atom stereocenters. The van der Waals surface area contributed by atoms with Crippen LogP contribution in [0, 0.1) is 11.3 Å². The van der Waals surface area contributed by atoms with E-state index in [0.717, 1.165) is 6.07 Å². The Hall–Kier alpha value is -4.84. The number of methoxy groups -OCH3 is 1. The van der Waals surface area contributed by atoms with E-state index in [2.05, 4.69) is 5.32 Å². The number of hydrogen-bond donors (Lipinski definition) is 6. The second-order valence-electron chi connectivity index (χ2n) is 10.4. The van der Waals surface area contributed by atoms with Gasteiger partial charge in [-0.05, 0) is 12.1 Å². The number of benzene rings is 2. The molecule has 0 saturated heterocycles. The molecule has 208 valence electrons. The summed E-state index contributed by atoms with van der Waals surface area (Å²) in [7, 11) is 1.34. The lowest BCUT2D eigenvalue weighted by molar-refractivity contribution is -0.161. The smallest absolute Gasteiger partial charge is 0.255 e. The summed E-state index contributed by atoms with van der Waals surface area (Å²) in [5.74, 6) is -8.66. The van der Waals surface area contributed by atoms with Crippen molar-refractivity contribution in [2.24, 2.45) is 17.1 Å². The zero-order chi connectivity index (χ0) is 29.3. The molecule has 1 heterocycles. The molecule has 2 amide bonds. The average Bonchev–Trinajstić information content (AvgIpc) is 2.90. The van der Waals surface area contributed by atoms with Crippen LogP contribution < -0.4 is 20.5 Å². The molecule has 0 radical (unpaired) electrons. The minimum absolute atomic E-state index is 0.0912. The first kappa shape index (κ1) is 26.8. The molecule has 5 rings (SSSR count). The lowest BCUT2D eigenvalue weighted by Crippen LogP contribution is -2.71. The number of ketones is 2. The van der Waals surface area contributed by atoms with Crippen molar-refractivity contribution in [3.63, 3.8) is 0 Å². The summed E-state index contributed by atoms with van der Waals surface area (Å²) in [6.07, 6.45) is -1.35. The van der Waals surface area contributed by atoms with Gasteiger partial charge < -0.3 is 41.0 Å². The van der Waals surface area contributed by atoms with Gasteiger partial charge in [-0.2, -0.15) is 0 Å². The van der Waals surface area contributed by atoms with Crippen molar-refractivity contribution < 1.29 is 49.1 Å². The lowest BCUT2D eigenvalue weighted by Gasteiger charge is -2.56. The van der Waals surface area contributed by atoms with Crippen LogP contribution in [0.15, 0.2) is 65.1 Å². The highest BCUT2D eigenvalue weighted by Gasteiger charge is 2.70.